The Kier molecular flexibility index (Phi) is 4.05. The topological polar surface area (TPSA) is 70.2 Å². The average molecular weight is 435 g/mol. The molecule has 0 saturated carbocycles. The summed E-state index contributed by atoms with van der Waals surface area (Å²) in [6, 6.07) is 10.6. The van der Waals surface area contributed by atoms with Gasteiger partial charge in [-0.2, -0.15) is 0 Å². The summed E-state index contributed by atoms with van der Waals surface area (Å²) in [7, 11) is 0. The highest BCUT2D eigenvalue weighted by Crippen LogP contribution is 2.53. The summed E-state index contributed by atoms with van der Waals surface area (Å²) in [5, 5.41) is 2.63. The summed E-state index contributed by atoms with van der Waals surface area (Å²) in [4.78, 5) is 44.2. The number of carbonyl (C=O) groups excluding carboxylic acids is 2. The zero-order valence-corrected chi connectivity index (χ0v) is 16.8. The SMILES string of the molecule is O=C1[C@H]2[C@H](c3cccs3)c3sc(=O)[nH]c3S[C@H]2C(=O)N1c1ccc(Cl)cc1. The van der Waals surface area contributed by atoms with Gasteiger partial charge in [0.2, 0.25) is 11.8 Å². The summed E-state index contributed by atoms with van der Waals surface area (Å²) in [5.74, 6) is -1.30. The van der Waals surface area contributed by atoms with E-state index >= 15 is 0 Å². The van der Waals surface area contributed by atoms with Crippen molar-refractivity contribution >= 4 is 63.5 Å². The van der Waals surface area contributed by atoms with Crippen LogP contribution in [-0.2, 0) is 9.59 Å². The van der Waals surface area contributed by atoms with Crippen LogP contribution in [0.1, 0.15) is 15.7 Å². The number of rotatable bonds is 2. The lowest BCUT2D eigenvalue weighted by molar-refractivity contribution is -0.122. The minimum Gasteiger partial charge on any atom is -0.307 e. The number of carbonyl (C=O) groups is 2. The Morgan fingerprint density at radius 1 is 1.04 bits per heavy atom. The molecule has 0 aliphatic carbocycles. The molecule has 5 rings (SSSR count). The number of H-pyrrole nitrogens is 1. The molecule has 1 saturated heterocycles. The third kappa shape index (κ3) is 2.62. The van der Waals surface area contributed by atoms with Crippen molar-refractivity contribution in [3.63, 3.8) is 0 Å². The van der Waals surface area contributed by atoms with Crippen LogP contribution in [0, 0.1) is 5.92 Å². The van der Waals surface area contributed by atoms with Gasteiger partial charge in [-0.25, -0.2) is 4.90 Å². The fourth-order valence-electron chi connectivity index (χ4n) is 3.64. The number of thiophene rings is 1. The van der Waals surface area contributed by atoms with Crippen molar-refractivity contribution in [1.29, 1.82) is 0 Å². The highest BCUT2D eigenvalue weighted by Gasteiger charge is 2.56. The monoisotopic (exact) mass is 434 g/mol. The molecule has 2 aliphatic heterocycles. The van der Waals surface area contributed by atoms with Crippen LogP contribution >= 0.6 is 46.0 Å². The number of hydrogen-bond acceptors (Lipinski definition) is 6. The average Bonchev–Trinajstić information content (AvgIpc) is 3.34. The highest BCUT2D eigenvalue weighted by molar-refractivity contribution is 8.00. The predicted molar refractivity (Wildman–Crippen MR) is 108 cm³/mol. The second-order valence-corrected chi connectivity index (χ2v) is 9.84. The van der Waals surface area contributed by atoms with Crippen LogP contribution < -0.4 is 9.77 Å². The number of imide groups is 1. The van der Waals surface area contributed by atoms with Gasteiger partial charge in [-0.15, -0.1) is 11.3 Å². The van der Waals surface area contributed by atoms with Crippen molar-refractivity contribution in [2.75, 3.05) is 4.90 Å². The molecule has 5 nitrogen and oxygen atoms in total. The van der Waals surface area contributed by atoms with E-state index in [2.05, 4.69) is 4.98 Å². The maximum atomic E-state index is 13.3. The van der Waals surface area contributed by atoms with Crippen molar-refractivity contribution in [2.24, 2.45) is 5.92 Å². The first-order valence-corrected chi connectivity index (χ1v) is 11.1. The second kappa shape index (κ2) is 6.34. The number of nitrogens with zero attached hydrogens (tertiary/aromatic N) is 1. The summed E-state index contributed by atoms with van der Waals surface area (Å²) in [6.45, 7) is 0. The number of anilines is 1. The quantitative estimate of drug-likeness (QED) is 0.620. The Balaban J connectivity index is 1.64. The summed E-state index contributed by atoms with van der Waals surface area (Å²) >= 11 is 9.88. The standard InChI is InChI=1S/C18H11ClN2O3S3/c19-8-3-5-9(6-4-8)21-16(22)12-11(10-2-1-7-25-10)13-15(20-18(24)27-13)26-14(12)17(21)23/h1-7,11-12,14H,(H,20,24)/t11-,12-,14+/m0/s1. The highest BCUT2D eigenvalue weighted by atomic mass is 35.5. The Morgan fingerprint density at radius 3 is 2.52 bits per heavy atom. The molecule has 2 amide bonds. The summed E-state index contributed by atoms with van der Waals surface area (Å²) < 4.78 is 0. The van der Waals surface area contributed by atoms with Gasteiger partial charge in [0.05, 0.1) is 16.6 Å². The maximum Gasteiger partial charge on any atom is 0.305 e. The molecule has 1 fully saturated rings. The maximum absolute atomic E-state index is 13.3. The predicted octanol–water partition coefficient (Wildman–Crippen LogP) is 3.95. The number of thiazole rings is 1. The molecular weight excluding hydrogens is 424 g/mol. The van der Waals surface area contributed by atoms with Gasteiger partial charge in [0, 0.05) is 20.7 Å². The first-order valence-electron chi connectivity index (χ1n) is 8.11. The van der Waals surface area contributed by atoms with Crippen molar-refractivity contribution in [3.05, 3.63) is 66.2 Å². The van der Waals surface area contributed by atoms with Gasteiger partial charge in [0.15, 0.2) is 0 Å². The molecule has 0 bridgehead atoms. The third-order valence-corrected chi connectivity index (χ3v) is 8.37. The number of fused-ring (bicyclic) bond motifs is 2. The Labute approximate surface area is 171 Å². The Bertz CT molecular complexity index is 1100. The lowest BCUT2D eigenvalue weighted by Crippen LogP contribution is -2.31. The van der Waals surface area contributed by atoms with E-state index in [4.69, 9.17) is 11.6 Å². The van der Waals surface area contributed by atoms with E-state index in [0.29, 0.717) is 15.7 Å². The number of thioether (sulfide) groups is 1. The molecule has 0 unspecified atom stereocenters. The van der Waals surface area contributed by atoms with Crippen LogP contribution in [0.3, 0.4) is 0 Å². The smallest absolute Gasteiger partial charge is 0.305 e. The van der Waals surface area contributed by atoms with E-state index in [1.54, 1.807) is 24.3 Å². The van der Waals surface area contributed by atoms with Crippen molar-refractivity contribution in [2.45, 2.75) is 16.2 Å². The second-order valence-electron chi connectivity index (χ2n) is 6.25. The van der Waals surface area contributed by atoms with Crippen molar-refractivity contribution < 1.29 is 9.59 Å². The Morgan fingerprint density at radius 2 is 1.81 bits per heavy atom. The first-order chi connectivity index (χ1) is 13.0. The van der Waals surface area contributed by atoms with Crippen molar-refractivity contribution in [3.8, 4) is 0 Å². The number of amides is 2. The van der Waals surface area contributed by atoms with Crippen LogP contribution in [0.2, 0.25) is 5.02 Å². The van der Waals surface area contributed by atoms with Crippen LogP contribution in [0.5, 0.6) is 0 Å². The summed E-state index contributed by atoms with van der Waals surface area (Å²) in [5.41, 5.74) is 0.520. The van der Waals surface area contributed by atoms with Gasteiger partial charge in [0.25, 0.3) is 0 Å². The van der Waals surface area contributed by atoms with Gasteiger partial charge >= 0.3 is 4.87 Å². The third-order valence-electron chi connectivity index (χ3n) is 4.76. The number of hydrogen-bond donors (Lipinski definition) is 1. The molecule has 0 spiro atoms. The molecule has 1 aromatic carbocycles. The molecular formula is C18H11ClN2O3S3. The summed E-state index contributed by atoms with van der Waals surface area (Å²) in [6.07, 6.45) is 0. The molecule has 3 aromatic rings. The van der Waals surface area contributed by atoms with E-state index in [1.807, 2.05) is 17.5 Å². The molecule has 1 N–H and O–H groups in total. The van der Waals surface area contributed by atoms with E-state index in [0.717, 1.165) is 21.1 Å². The van der Waals surface area contributed by atoms with Crippen LogP contribution in [0.4, 0.5) is 5.69 Å². The van der Waals surface area contributed by atoms with Crippen LogP contribution in [0.25, 0.3) is 0 Å². The molecule has 9 heteroatoms. The van der Waals surface area contributed by atoms with Crippen molar-refractivity contribution in [1.82, 2.24) is 4.98 Å². The fraction of sp³-hybridized carbons (Fsp3) is 0.167. The van der Waals surface area contributed by atoms with Crippen LogP contribution in [0.15, 0.2) is 51.6 Å². The number of aromatic nitrogens is 1. The van der Waals surface area contributed by atoms with Gasteiger partial charge < -0.3 is 4.98 Å². The number of aromatic amines is 1. The molecule has 3 atom stereocenters. The number of benzene rings is 1. The fourth-order valence-corrected chi connectivity index (χ4v) is 7.23. The largest absolute Gasteiger partial charge is 0.307 e. The van der Waals surface area contributed by atoms with E-state index in [1.165, 1.54) is 28.0 Å². The zero-order valence-electron chi connectivity index (χ0n) is 13.5. The van der Waals surface area contributed by atoms with E-state index < -0.39 is 11.2 Å². The lowest BCUT2D eigenvalue weighted by Gasteiger charge is -2.28. The number of halogens is 1. The van der Waals surface area contributed by atoms with Gasteiger partial charge in [-0.05, 0) is 35.7 Å². The number of nitrogens with one attached hydrogen (secondary N) is 1. The first kappa shape index (κ1) is 17.2. The molecule has 0 radical (unpaired) electrons. The minimum absolute atomic E-state index is 0.163. The van der Waals surface area contributed by atoms with E-state index in [9.17, 15) is 14.4 Å². The molecule has 136 valence electrons. The lowest BCUT2D eigenvalue weighted by atomic mass is 9.87. The van der Waals surface area contributed by atoms with Crippen LogP contribution in [-0.4, -0.2) is 22.0 Å². The molecule has 2 aromatic heterocycles. The molecule has 4 heterocycles. The van der Waals surface area contributed by atoms with Gasteiger partial charge in [-0.3, -0.25) is 14.4 Å². The van der Waals surface area contributed by atoms with Gasteiger partial charge in [0.1, 0.15) is 5.25 Å². The molecule has 2 aliphatic rings. The normalized spacial score (nSPS) is 24.2. The zero-order chi connectivity index (χ0) is 18.7. The van der Waals surface area contributed by atoms with E-state index in [-0.39, 0.29) is 22.6 Å². The minimum atomic E-state index is -0.557. The molecule has 27 heavy (non-hydrogen) atoms. The Hall–Kier alpha value is -1.87. The van der Waals surface area contributed by atoms with Gasteiger partial charge in [-0.1, -0.05) is 40.8 Å².